The van der Waals surface area contributed by atoms with Gasteiger partial charge in [-0.15, -0.1) is 0 Å². The van der Waals surface area contributed by atoms with E-state index in [0.717, 1.165) is 13.0 Å². The summed E-state index contributed by atoms with van der Waals surface area (Å²) in [5, 5.41) is 0. The summed E-state index contributed by atoms with van der Waals surface area (Å²) in [5.74, 6) is 0. The Balaban J connectivity index is 2.72. The molecule has 2 N–H and O–H groups in total. The first-order valence-corrected chi connectivity index (χ1v) is 6.48. The van der Waals surface area contributed by atoms with Crippen LogP contribution >= 0.6 is 0 Å². The average molecular weight is 234 g/mol. The maximum absolute atomic E-state index is 6.28. The molecule has 2 nitrogen and oxygen atoms in total. The lowest BCUT2D eigenvalue weighted by Crippen LogP contribution is -2.35. The first-order chi connectivity index (χ1) is 7.93. The van der Waals surface area contributed by atoms with E-state index in [9.17, 15) is 0 Å². The molecule has 1 aromatic carbocycles. The number of likely N-dealkylation sites (N-methyl/N-ethyl adjacent to an activating group) is 1. The predicted molar refractivity (Wildman–Crippen MR) is 75.2 cm³/mol. The zero-order valence-corrected chi connectivity index (χ0v) is 11.8. The zero-order valence-electron chi connectivity index (χ0n) is 11.8. The van der Waals surface area contributed by atoms with Crippen LogP contribution in [0.5, 0.6) is 0 Å². The second-order valence-electron chi connectivity index (χ2n) is 5.22. The summed E-state index contributed by atoms with van der Waals surface area (Å²) >= 11 is 0. The first kappa shape index (κ1) is 14.2. The van der Waals surface area contributed by atoms with Gasteiger partial charge < -0.3 is 10.6 Å². The van der Waals surface area contributed by atoms with E-state index in [0.29, 0.717) is 6.04 Å². The lowest BCUT2D eigenvalue weighted by atomic mass is 10.0. The summed E-state index contributed by atoms with van der Waals surface area (Å²) in [6, 6.07) is 7.28. The Morgan fingerprint density at radius 2 is 1.71 bits per heavy atom. The highest BCUT2D eigenvalue weighted by atomic mass is 15.1. The van der Waals surface area contributed by atoms with E-state index in [1.807, 2.05) is 0 Å². The molecule has 2 unspecified atom stereocenters. The number of nitrogens with two attached hydrogens (primary N) is 1. The molecule has 1 aromatic rings. The maximum atomic E-state index is 6.28. The number of nitrogens with zero attached hydrogens (tertiary/aromatic N) is 1. The summed E-state index contributed by atoms with van der Waals surface area (Å²) in [5.41, 5.74) is 10.1. The molecule has 17 heavy (non-hydrogen) atoms. The molecule has 0 aliphatic rings. The molecule has 1 rings (SSSR count). The SMILES string of the molecule is CCC(C)N(C)CC(N)c1cc(C)cc(C)c1. The third-order valence-corrected chi connectivity index (χ3v) is 3.50. The third kappa shape index (κ3) is 4.14. The highest BCUT2D eigenvalue weighted by molar-refractivity contribution is 5.30. The Morgan fingerprint density at radius 1 is 1.18 bits per heavy atom. The lowest BCUT2D eigenvalue weighted by Gasteiger charge is -2.27. The van der Waals surface area contributed by atoms with Gasteiger partial charge in [-0.25, -0.2) is 0 Å². The Kier molecular flexibility index (Phi) is 5.16. The smallest absolute Gasteiger partial charge is 0.0424 e. The second kappa shape index (κ2) is 6.18. The van der Waals surface area contributed by atoms with Crippen molar-refractivity contribution in [2.45, 2.75) is 46.2 Å². The molecule has 0 saturated carbocycles. The van der Waals surface area contributed by atoms with Crippen LogP contribution in [0.1, 0.15) is 43.0 Å². The molecule has 0 spiro atoms. The number of benzene rings is 1. The number of rotatable bonds is 5. The molecule has 2 atom stereocenters. The Hall–Kier alpha value is -0.860. The Labute approximate surface area is 106 Å². The normalized spacial score (nSPS) is 15.0. The molecule has 0 aromatic heterocycles. The van der Waals surface area contributed by atoms with Crippen molar-refractivity contribution in [1.82, 2.24) is 4.90 Å². The molecule has 2 heteroatoms. The maximum Gasteiger partial charge on any atom is 0.0424 e. The van der Waals surface area contributed by atoms with Gasteiger partial charge in [0.1, 0.15) is 0 Å². The van der Waals surface area contributed by atoms with Crippen molar-refractivity contribution in [1.29, 1.82) is 0 Å². The van der Waals surface area contributed by atoms with Gasteiger partial charge in [0.05, 0.1) is 0 Å². The van der Waals surface area contributed by atoms with Gasteiger partial charge in [0.25, 0.3) is 0 Å². The Bertz CT molecular complexity index is 340. The van der Waals surface area contributed by atoms with E-state index in [1.165, 1.54) is 16.7 Å². The molecule has 0 aliphatic carbocycles. The Morgan fingerprint density at radius 3 is 2.18 bits per heavy atom. The highest BCUT2D eigenvalue weighted by Crippen LogP contribution is 2.17. The fourth-order valence-corrected chi connectivity index (χ4v) is 2.13. The molecular formula is C15H26N2. The molecule has 0 radical (unpaired) electrons. The minimum atomic E-state index is 0.104. The molecule has 0 saturated heterocycles. The second-order valence-corrected chi connectivity index (χ2v) is 5.22. The largest absolute Gasteiger partial charge is 0.323 e. The molecule has 0 heterocycles. The fraction of sp³-hybridized carbons (Fsp3) is 0.600. The molecule has 0 aliphatic heterocycles. The van der Waals surface area contributed by atoms with Crippen LogP contribution in [-0.4, -0.2) is 24.5 Å². The van der Waals surface area contributed by atoms with Crippen molar-refractivity contribution < 1.29 is 0 Å². The van der Waals surface area contributed by atoms with Crippen molar-refractivity contribution in [2.24, 2.45) is 5.73 Å². The van der Waals surface area contributed by atoms with Crippen LogP contribution in [0.4, 0.5) is 0 Å². The first-order valence-electron chi connectivity index (χ1n) is 6.48. The summed E-state index contributed by atoms with van der Waals surface area (Å²) in [4.78, 5) is 2.34. The average Bonchev–Trinajstić information content (AvgIpc) is 2.26. The van der Waals surface area contributed by atoms with Gasteiger partial charge in [-0.2, -0.15) is 0 Å². The van der Waals surface area contributed by atoms with Crippen LogP contribution in [0, 0.1) is 13.8 Å². The van der Waals surface area contributed by atoms with E-state index in [2.05, 4.69) is 57.8 Å². The third-order valence-electron chi connectivity index (χ3n) is 3.50. The molecule has 96 valence electrons. The molecule has 0 bridgehead atoms. The van der Waals surface area contributed by atoms with Crippen molar-refractivity contribution in [2.75, 3.05) is 13.6 Å². The van der Waals surface area contributed by atoms with Crippen LogP contribution in [0.25, 0.3) is 0 Å². The van der Waals surface area contributed by atoms with E-state index in [4.69, 9.17) is 5.73 Å². The molecular weight excluding hydrogens is 208 g/mol. The van der Waals surface area contributed by atoms with Gasteiger partial charge in [0.15, 0.2) is 0 Å². The van der Waals surface area contributed by atoms with Crippen molar-refractivity contribution in [3.63, 3.8) is 0 Å². The van der Waals surface area contributed by atoms with Crippen LogP contribution < -0.4 is 5.73 Å². The van der Waals surface area contributed by atoms with Crippen LogP contribution in [0.2, 0.25) is 0 Å². The van der Waals surface area contributed by atoms with Crippen LogP contribution in [0.3, 0.4) is 0 Å². The van der Waals surface area contributed by atoms with Crippen LogP contribution in [-0.2, 0) is 0 Å². The van der Waals surface area contributed by atoms with E-state index >= 15 is 0 Å². The topological polar surface area (TPSA) is 29.3 Å². The zero-order chi connectivity index (χ0) is 13.0. The van der Waals surface area contributed by atoms with Crippen molar-refractivity contribution in [3.05, 3.63) is 34.9 Å². The highest BCUT2D eigenvalue weighted by Gasteiger charge is 2.13. The van der Waals surface area contributed by atoms with Gasteiger partial charge in [0.2, 0.25) is 0 Å². The fourth-order valence-electron chi connectivity index (χ4n) is 2.13. The van der Waals surface area contributed by atoms with Gasteiger partial charge in [-0.1, -0.05) is 36.2 Å². The van der Waals surface area contributed by atoms with E-state index in [-0.39, 0.29) is 6.04 Å². The van der Waals surface area contributed by atoms with E-state index < -0.39 is 0 Å². The summed E-state index contributed by atoms with van der Waals surface area (Å²) in [6.07, 6.45) is 1.16. The minimum Gasteiger partial charge on any atom is -0.323 e. The van der Waals surface area contributed by atoms with Crippen molar-refractivity contribution in [3.8, 4) is 0 Å². The quantitative estimate of drug-likeness (QED) is 0.848. The van der Waals surface area contributed by atoms with E-state index in [1.54, 1.807) is 0 Å². The summed E-state index contributed by atoms with van der Waals surface area (Å²) in [7, 11) is 2.15. The lowest BCUT2D eigenvalue weighted by molar-refractivity contribution is 0.237. The van der Waals surface area contributed by atoms with Crippen molar-refractivity contribution >= 4 is 0 Å². The number of hydrogen-bond acceptors (Lipinski definition) is 2. The number of hydrogen-bond donors (Lipinski definition) is 1. The minimum absolute atomic E-state index is 0.104. The molecule has 0 fully saturated rings. The summed E-state index contributed by atoms with van der Waals surface area (Å²) in [6.45, 7) is 9.62. The molecule has 0 amide bonds. The van der Waals surface area contributed by atoms with Gasteiger partial charge in [-0.05, 0) is 39.8 Å². The van der Waals surface area contributed by atoms with Gasteiger partial charge >= 0.3 is 0 Å². The summed E-state index contributed by atoms with van der Waals surface area (Å²) < 4.78 is 0. The van der Waals surface area contributed by atoms with Crippen LogP contribution in [0.15, 0.2) is 18.2 Å². The predicted octanol–water partition coefficient (Wildman–Crippen LogP) is 3.03. The standard InChI is InChI=1S/C15H26N2/c1-6-13(4)17(5)10-15(16)14-8-11(2)7-12(3)9-14/h7-9,13,15H,6,10,16H2,1-5H3. The van der Waals surface area contributed by atoms with Gasteiger partial charge in [-0.3, -0.25) is 0 Å². The monoisotopic (exact) mass is 234 g/mol. The number of aryl methyl sites for hydroxylation is 2. The van der Waals surface area contributed by atoms with Gasteiger partial charge in [0, 0.05) is 18.6 Å².